The number of hydrogen-bond acceptors (Lipinski definition) is 3. The molecular formula is C15H15F3N2O2. The number of carbonyl (C=O) groups excluding carboxylic acids is 1. The Morgan fingerprint density at radius 3 is 2.23 bits per heavy atom. The van der Waals surface area contributed by atoms with Crippen LogP contribution in [0.5, 0.6) is 0 Å². The van der Waals surface area contributed by atoms with Crippen molar-refractivity contribution in [2.45, 2.75) is 32.5 Å². The largest absolute Gasteiger partial charge is 0.443 e. The van der Waals surface area contributed by atoms with Crippen molar-refractivity contribution in [3.8, 4) is 11.4 Å². The molecule has 0 atom stereocenters. The molecule has 4 nitrogen and oxygen atoms in total. The summed E-state index contributed by atoms with van der Waals surface area (Å²) in [6.45, 7) is 4.90. The number of carbonyl (C=O) groups is 1. The van der Waals surface area contributed by atoms with Crippen molar-refractivity contribution in [1.82, 2.24) is 9.55 Å². The van der Waals surface area contributed by atoms with E-state index in [9.17, 15) is 18.0 Å². The quantitative estimate of drug-likeness (QED) is 0.786. The third kappa shape index (κ3) is 3.66. The highest BCUT2D eigenvalue weighted by Crippen LogP contribution is 2.31. The van der Waals surface area contributed by atoms with Crippen LogP contribution >= 0.6 is 0 Å². The van der Waals surface area contributed by atoms with Crippen molar-refractivity contribution in [3.63, 3.8) is 0 Å². The lowest BCUT2D eigenvalue weighted by Gasteiger charge is -2.20. The number of imidazole rings is 1. The zero-order valence-corrected chi connectivity index (χ0v) is 12.3. The number of benzene rings is 1. The van der Waals surface area contributed by atoms with Crippen LogP contribution in [0, 0.1) is 0 Å². The molecule has 1 aromatic carbocycles. The average Bonchev–Trinajstić information content (AvgIpc) is 2.82. The Balaban J connectivity index is 2.52. The second-order valence-corrected chi connectivity index (χ2v) is 5.66. The molecule has 1 heterocycles. The maximum absolute atomic E-state index is 12.9. The molecule has 0 aliphatic heterocycles. The molecule has 0 saturated heterocycles. The molecule has 0 saturated carbocycles. The van der Waals surface area contributed by atoms with Crippen LogP contribution in [0.15, 0.2) is 36.5 Å². The van der Waals surface area contributed by atoms with Crippen LogP contribution in [-0.4, -0.2) is 21.2 Å². The molecule has 7 heteroatoms. The summed E-state index contributed by atoms with van der Waals surface area (Å²) in [5.74, 6) is -0.109. The predicted molar refractivity (Wildman–Crippen MR) is 74.3 cm³/mol. The standard InChI is InChI=1S/C15H15F3N2O2/c1-14(2,3)22-13(21)20-9-11(15(16,17)18)19-12(20)10-7-5-4-6-8-10/h4-9H,1-3H3. The third-order valence-electron chi connectivity index (χ3n) is 2.62. The van der Waals surface area contributed by atoms with Gasteiger partial charge in [0.1, 0.15) is 11.4 Å². The summed E-state index contributed by atoms with van der Waals surface area (Å²) in [7, 11) is 0. The molecule has 0 aliphatic rings. The lowest BCUT2D eigenvalue weighted by molar-refractivity contribution is -0.140. The molecule has 0 bridgehead atoms. The summed E-state index contributed by atoms with van der Waals surface area (Å²) in [5, 5.41) is 0. The Labute approximate surface area is 125 Å². The molecule has 22 heavy (non-hydrogen) atoms. The van der Waals surface area contributed by atoms with Gasteiger partial charge in [-0.05, 0) is 20.8 Å². The minimum atomic E-state index is -4.64. The second-order valence-electron chi connectivity index (χ2n) is 5.66. The minimum Gasteiger partial charge on any atom is -0.443 e. The molecule has 0 unspecified atom stereocenters. The Kier molecular flexibility index (Phi) is 4.00. The van der Waals surface area contributed by atoms with Gasteiger partial charge in [-0.25, -0.2) is 14.3 Å². The van der Waals surface area contributed by atoms with Crippen molar-refractivity contribution in [2.24, 2.45) is 0 Å². The summed E-state index contributed by atoms with van der Waals surface area (Å²) in [5.41, 5.74) is -1.57. The minimum absolute atomic E-state index is 0.109. The summed E-state index contributed by atoms with van der Waals surface area (Å²) in [6.07, 6.45) is -4.90. The molecule has 0 spiro atoms. The zero-order chi connectivity index (χ0) is 16.5. The number of halogens is 3. The SMILES string of the molecule is CC(C)(C)OC(=O)n1cc(C(F)(F)F)nc1-c1ccccc1. The maximum Gasteiger partial charge on any atom is 0.434 e. The van der Waals surface area contributed by atoms with Crippen molar-refractivity contribution >= 4 is 6.09 Å². The first-order chi connectivity index (χ1) is 10.1. The van der Waals surface area contributed by atoms with E-state index in [-0.39, 0.29) is 5.82 Å². The molecule has 0 radical (unpaired) electrons. The summed E-state index contributed by atoms with van der Waals surface area (Å²) >= 11 is 0. The number of alkyl halides is 3. The van der Waals surface area contributed by atoms with Gasteiger partial charge in [-0.15, -0.1) is 0 Å². The van der Waals surface area contributed by atoms with Crippen LogP contribution in [-0.2, 0) is 10.9 Å². The molecule has 0 amide bonds. The van der Waals surface area contributed by atoms with Gasteiger partial charge in [0.25, 0.3) is 0 Å². The monoisotopic (exact) mass is 312 g/mol. The van der Waals surface area contributed by atoms with E-state index in [2.05, 4.69) is 4.98 Å². The average molecular weight is 312 g/mol. The smallest absolute Gasteiger partial charge is 0.434 e. The van der Waals surface area contributed by atoms with E-state index < -0.39 is 23.6 Å². The Hall–Kier alpha value is -2.31. The van der Waals surface area contributed by atoms with Gasteiger partial charge < -0.3 is 4.74 Å². The number of ether oxygens (including phenoxy) is 1. The first kappa shape index (κ1) is 16.1. The van der Waals surface area contributed by atoms with E-state index in [0.717, 1.165) is 4.57 Å². The second kappa shape index (κ2) is 5.47. The normalized spacial score (nSPS) is 12.3. The number of nitrogens with zero attached hydrogens (tertiary/aromatic N) is 2. The number of aromatic nitrogens is 2. The lowest BCUT2D eigenvalue weighted by atomic mass is 10.2. The molecule has 118 valence electrons. The van der Waals surface area contributed by atoms with Crippen LogP contribution in [0.3, 0.4) is 0 Å². The van der Waals surface area contributed by atoms with Gasteiger partial charge in [-0.1, -0.05) is 30.3 Å². The maximum atomic E-state index is 12.9. The van der Waals surface area contributed by atoms with Gasteiger partial charge in [0.2, 0.25) is 0 Å². The Morgan fingerprint density at radius 1 is 1.14 bits per heavy atom. The molecule has 0 N–H and O–H groups in total. The van der Waals surface area contributed by atoms with E-state index in [0.29, 0.717) is 11.8 Å². The van der Waals surface area contributed by atoms with Crippen molar-refractivity contribution in [2.75, 3.05) is 0 Å². The van der Waals surface area contributed by atoms with E-state index in [1.54, 1.807) is 51.1 Å². The van der Waals surface area contributed by atoms with Crippen LogP contribution in [0.25, 0.3) is 11.4 Å². The predicted octanol–water partition coefficient (Wildman–Crippen LogP) is 4.35. The van der Waals surface area contributed by atoms with Crippen molar-refractivity contribution < 1.29 is 22.7 Å². The van der Waals surface area contributed by atoms with Crippen LogP contribution in [0.4, 0.5) is 18.0 Å². The summed E-state index contributed by atoms with van der Waals surface area (Å²) in [4.78, 5) is 15.7. The summed E-state index contributed by atoms with van der Waals surface area (Å²) < 4.78 is 44.5. The first-order valence-corrected chi connectivity index (χ1v) is 6.53. The van der Waals surface area contributed by atoms with Gasteiger partial charge in [-0.3, -0.25) is 0 Å². The highest BCUT2D eigenvalue weighted by molar-refractivity contribution is 5.77. The van der Waals surface area contributed by atoms with E-state index in [4.69, 9.17) is 4.74 Å². The highest BCUT2D eigenvalue weighted by atomic mass is 19.4. The van der Waals surface area contributed by atoms with Gasteiger partial charge in [0.15, 0.2) is 5.69 Å². The van der Waals surface area contributed by atoms with E-state index in [1.807, 2.05) is 0 Å². The van der Waals surface area contributed by atoms with Crippen molar-refractivity contribution in [1.29, 1.82) is 0 Å². The molecule has 0 aliphatic carbocycles. The van der Waals surface area contributed by atoms with E-state index in [1.165, 1.54) is 0 Å². The zero-order valence-electron chi connectivity index (χ0n) is 12.3. The van der Waals surface area contributed by atoms with Gasteiger partial charge in [-0.2, -0.15) is 13.2 Å². The van der Waals surface area contributed by atoms with Gasteiger partial charge in [0, 0.05) is 11.8 Å². The fourth-order valence-corrected chi connectivity index (χ4v) is 1.76. The lowest BCUT2D eigenvalue weighted by Crippen LogP contribution is -2.27. The highest BCUT2D eigenvalue weighted by Gasteiger charge is 2.36. The Morgan fingerprint density at radius 2 is 1.73 bits per heavy atom. The number of hydrogen-bond donors (Lipinski definition) is 0. The molecule has 2 aromatic rings. The summed E-state index contributed by atoms with van der Waals surface area (Å²) in [6, 6.07) is 8.16. The van der Waals surface area contributed by atoms with E-state index >= 15 is 0 Å². The fourth-order valence-electron chi connectivity index (χ4n) is 1.76. The number of rotatable bonds is 1. The first-order valence-electron chi connectivity index (χ1n) is 6.53. The molecule has 0 fully saturated rings. The van der Waals surface area contributed by atoms with Crippen molar-refractivity contribution in [3.05, 3.63) is 42.2 Å². The molecular weight excluding hydrogens is 297 g/mol. The van der Waals surface area contributed by atoms with Gasteiger partial charge >= 0.3 is 12.3 Å². The third-order valence-corrected chi connectivity index (χ3v) is 2.62. The topological polar surface area (TPSA) is 44.1 Å². The Bertz CT molecular complexity index is 670. The molecule has 1 aromatic heterocycles. The van der Waals surface area contributed by atoms with Crippen LogP contribution in [0.1, 0.15) is 26.5 Å². The van der Waals surface area contributed by atoms with Crippen LogP contribution < -0.4 is 0 Å². The van der Waals surface area contributed by atoms with Gasteiger partial charge in [0.05, 0.1) is 0 Å². The fraction of sp³-hybridized carbons (Fsp3) is 0.333. The van der Waals surface area contributed by atoms with Crippen LogP contribution in [0.2, 0.25) is 0 Å². The molecule has 2 rings (SSSR count).